The van der Waals surface area contributed by atoms with Crippen molar-refractivity contribution in [3.8, 4) is 5.75 Å². The van der Waals surface area contributed by atoms with Crippen molar-refractivity contribution < 1.29 is 9.84 Å². The van der Waals surface area contributed by atoms with Crippen molar-refractivity contribution in [1.82, 2.24) is 5.32 Å². The molecule has 2 N–H and O–H groups in total. The van der Waals surface area contributed by atoms with E-state index in [4.69, 9.17) is 4.74 Å². The minimum absolute atomic E-state index is 0.0936. The van der Waals surface area contributed by atoms with Crippen LogP contribution in [0.3, 0.4) is 0 Å². The lowest BCUT2D eigenvalue weighted by Crippen LogP contribution is -2.38. The Bertz CT molecular complexity index is 451. The maximum absolute atomic E-state index is 10.2. The summed E-state index contributed by atoms with van der Waals surface area (Å²) >= 11 is 0. The monoisotopic (exact) mass is 277 g/mol. The van der Waals surface area contributed by atoms with Crippen LogP contribution in [0.2, 0.25) is 0 Å². The minimum Gasteiger partial charge on any atom is -0.493 e. The molecule has 1 aliphatic rings. The third-order valence-electron chi connectivity index (χ3n) is 3.99. The molecule has 0 fully saturated rings. The van der Waals surface area contributed by atoms with Gasteiger partial charge in [-0.25, -0.2) is 0 Å². The van der Waals surface area contributed by atoms with Crippen LogP contribution in [0, 0.1) is 12.3 Å². The summed E-state index contributed by atoms with van der Waals surface area (Å²) in [7, 11) is 0. The molecule has 2 rings (SSSR count). The van der Waals surface area contributed by atoms with Crippen LogP contribution >= 0.6 is 0 Å². The van der Waals surface area contributed by atoms with Crippen LogP contribution in [0.1, 0.15) is 50.8 Å². The van der Waals surface area contributed by atoms with Gasteiger partial charge in [-0.1, -0.05) is 38.5 Å². The average Bonchev–Trinajstić information content (AvgIpc) is 2.56. The van der Waals surface area contributed by atoms with Crippen molar-refractivity contribution in [3.63, 3.8) is 0 Å². The molecule has 0 aromatic heterocycles. The molecule has 3 nitrogen and oxygen atoms in total. The molecule has 112 valence electrons. The number of rotatable bonds is 3. The Labute approximate surface area is 122 Å². The second-order valence-electron chi connectivity index (χ2n) is 6.87. The lowest BCUT2D eigenvalue weighted by Gasteiger charge is -2.28. The summed E-state index contributed by atoms with van der Waals surface area (Å²) in [6.07, 6.45) is 1.74. The van der Waals surface area contributed by atoms with Gasteiger partial charge in [-0.05, 0) is 31.2 Å². The van der Waals surface area contributed by atoms with E-state index in [1.54, 1.807) is 0 Å². The fourth-order valence-electron chi connectivity index (χ4n) is 2.47. The lowest BCUT2D eigenvalue weighted by molar-refractivity contribution is 0.0601. The van der Waals surface area contributed by atoms with Gasteiger partial charge in [-0.15, -0.1) is 0 Å². The Hall–Kier alpha value is -1.06. The first kappa shape index (κ1) is 15.3. The van der Waals surface area contributed by atoms with Crippen molar-refractivity contribution in [2.45, 2.75) is 52.7 Å². The Morgan fingerprint density at radius 1 is 1.40 bits per heavy atom. The highest BCUT2D eigenvalue weighted by molar-refractivity contribution is 5.39. The van der Waals surface area contributed by atoms with Crippen LogP contribution in [-0.4, -0.2) is 24.4 Å². The van der Waals surface area contributed by atoms with Gasteiger partial charge in [0.15, 0.2) is 0 Å². The fourth-order valence-corrected chi connectivity index (χ4v) is 2.47. The number of nitrogens with one attached hydrogen (secondary N) is 1. The van der Waals surface area contributed by atoms with E-state index in [0.717, 1.165) is 25.2 Å². The Morgan fingerprint density at radius 2 is 2.15 bits per heavy atom. The van der Waals surface area contributed by atoms with E-state index < -0.39 is 0 Å². The molecule has 0 radical (unpaired) electrons. The number of ether oxygens (including phenoxy) is 1. The molecule has 3 heteroatoms. The smallest absolute Gasteiger partial charge is 0.124 e. The van der Waals surface area contributed by atoms with E-state index in [-0.39, 0.29) is 17.6 Å². The second kappa shape index (κ2) is 6.15. The first-order valence-corrected chi connectivity index (χ1v) is 7.53. The first-order valence-electron chi connectivity index (χ1n) is 7.53. The Morgan fingerprint density at radius 3 is 2.85 bits per heavy atom. The van der Waals surface area contributed by atoms with Gasteiger partial charge in [0.25, 0.3) is 0 Å². The number of hydrogen-bond donors (Lipinski definition) is 2. The molecule has 0 spiro atoms. The molecule has 0 saturated heterocycles. The number of aliphatic hydroxyl groups excluding tert-OH is 1. The van der Waals surface area contributed by atoms with Gasteiger partial charge in [0, 0.05) is 18.2 Å². The molecule has 0 saturated carbocycles. The van der Waals surface area contributed by atoms with Crippen molar-refractivity contribution in [2.24, 2.45) is 5.41 Å². The average molecular weight is 277 g/mol. The third-order valence-corrected chi connectivity index (χ3v) is 3.99. The van der Waals surface area contributed by atoms with Gasteiger partial charge < -0.3 is 15.2 Å². The minimum atomic E-state index is -0.347. The molecular formula is C17H27NO2. The Balaban J connectivity index is 2.10. The maximum atomic E-state index is 10.2. The topological polar surface area (TPSA) is 41.5 Å². The molecule has 0 amide bonds. The highest BCUT2D eigenvalue weighted by Gasteiger charge is 2.25. The van der Waals surface area contributed by atoms with Crippen LogP contribution < -0.4 is 10.1 Å². The van der Waals surface area contributed by atoms with Gasteiger partial charge in [0.05, 0.1) is 12.7 Å². The predicted octanol–water partition coefficient (Wildman–Crippen LogP) is 3.21. The summed E-state index contributed by atoms with van der Waals surface area (Å²) < 4.78 is 5.81. The highest BCUT2D eigenvalue weighted by atomic mass is 16.5. The molecule has 20 heavy (non-hydrogen) atoms. The summed E-state index contributed by atoms with van der Waals surface area (Å²) in [5, 5.41) is 13.7. The number of aryl methyl sites for hydroxylation is 1. The SMILES string of the molecule is Cc1ccc2c(c1)C(NCC(O)C(C)(C)C)CCCO2. The van der Waals surface area contributed by atoms with Crippen molar-refractivity contribution in [3.05, 3.63) is 29.3 Å². The Kier molecular flexibility index (Phi) is 4.71. The molecule has 2 atom stereocenters. The molecular weight excluding hydrogens is 250 g/mol. The van der Waals surface area contributed by atoms with E-state index in [1.807, 2.05) is 0 Å². The van der Waals surface area contributed by atoms with E-state index in [2.05, 4.69) is 51.2 Å². The standard InChI is InChI=1S/C17H27NO2/c1-12-7-8-15-13(10-12)14(6-5-9-20-15)18-11-16(19)17(2,3)4/h7-8,10,14,16,18-19H,5-6,9,11H2,1-4H3. The number of fused-ring (bicyclic) bond motifs is 1. The summed E-state index contributed by atoms with van der Waals surface area (Å²) in [4.78, 5) is 0. The van der Waals surface area contributed by atoms with Crippen molar-refractivity contribution >= 4 is 0 Å². The van der Waals surface area contributed by atoms with Crippen LogP contribution in [0.4, 0.5) is 0 Å². The quantitative estimate of drug-likeness (QED) is 0.891. The van der Waals surface area contributed by atoms with Gasteiger partial charge in [-0.3, -0.25) is 0 Å². The van der Waals surface area contributed by atoms with Crippen LogP contribution in [0.15, 0.2) is 18.2 Å². The van der Waals surface area contributed by atoms with Crippen molar-refractivity contribution in [2.75, 3.05) is 13.2 Å². The maximum Gasteiger partial charge on any atom is 0.124 e. The molecule has 1 aromatic rings. The van der Waals surface area contributed by atoms with Crippen LogP contribution in [-0.2, 0) is 0 Å². The third kappa shape index (κ3) is 3.74. The second-order valence-corrected chi connectivity index (χ2v) is 6.87. The van der Waals surface area contributed by atoms with E-state index >= 15 is 0 Å². The zero-order chi connectivity index (χ0) is 14.8. The van der Waals surface area contributed by atoms with E-state index in [9.17, 15) is 5.11 Å². The summed E-state index contributed by atoms with van der Waals surface area (Å²) in [6, 6.07) is 6.61. The molecule has 0 aliphatic carbocycles. The zero-order valence-corrected chi connectivity index (χ0v) is 13.1. The molecule has 2 unspecified atom stereocenters. The number of benzene rings is 1. The van der Waals surface area contributed by atoms with Gasteiger partial charge in [-0.2, -0.15) is 0 Å². The highest BCUT2D eigenvalue weighted by Crippen LogP contribution is 2.32. The largest absolute Gasteiger partial charge is 0.493 e. The van der Waals surface area contributed by atoms with Gasteiger partial charge in [0.2, 0.25) is 0 Å². The summed E-state index contributed by atoms with van der Waals surface area (Å²) in [6.45, 7) is 9.68. The lowest BCUT2D eigenvalue weighted by atomic mass is 9.88. The molecule has 0 bridgehead atoms. The van der Waals surface area contributed by atoms with Gasteiger partial charge >= 0.3 is 0 Å². The summed E-state index contributed by atoms with van der Waals surface area (Å²) in [5.74, 6) is 0.982. The van der Waals surface area contributed by atoms with Crippen LogP contribution in [0.5, 0.6) is 5.75 Å². The molecule has 1 aliphatic heterocycles. The van der Waals surface area contributed by atoms with Crippen LogP contribution in [0.25, 0.3) is 0 Å². The summed E-state index contributed by atoms with van der Waals surface area (Å²) in [5.41, 5.74) is 2.38. The normalized spacial score (nSPS) is 20.8. The number of aliphatic hydroxyl groups is 1. The fraction of sp³-hybridized carbons (Fsp3) is 0.647. The molecule has 1 aromatic carbocycles. The number of hydrogen-bond acceptors (Lipinski definition) is 3. The zero-order valence-electron chi connectivity index (χ0n) is 13.1. The van der Waals surface area contributed by atoms with Crippen molar-refractivity contribution in [1.29, 1.82) is 0 Å². The predicted molar refractivity (Wildman–Crippen MR) is 82.1 cm³/mol. The first-order chi connectivity index (χ1) is 9.38. The van der Waals surface area contributed by atoms with Gasteiger partial charge in [0.1, 0.15) is 5.75 Å². The molecule has 1 heterocycles. The van der Waals surface area contributed by atoms with E-state index in [0.29, 0.717) is 6.54 Å². The van der Waals surface area contributed by atoms with E-state index in [1.165, 1.54) is 11.1 Å².